The van der Waals surface area contributed by atoms with Gasteiger partial charge in [0.25, 0.3) is 5.69 Å². The Morgan fingerprint density at radius 2 is 2.05 bits per heavy atom. The van der Waals surface area contributed by atoms with E-state index in [2.05, 4.69) is 5.10 Å². The summed E-state index contributed by atoms with van der Waals surface area (Å²) in [4.78, 5) is 12.4. The molecule has 1 fully saturated rings. The Balaban J connectivity index is 2.06. The molecule has 2 aromatic rings. The van der Waals surface area contributed by atoms with Crippen LogP contribution in [0.15, 0.2) is 18.2 Å². The lowest BCUT2D eigenvalue weighted by molar-refractivity contribution is -0.680. The smallest absolute Gasteiger partial charge is 0.274 e. The minimum atomic E-state index is -0.503. The molecule has 100 valence electrons. The van der Waals surface area contributed by atoms with Crippen molar-refractivity contribution >= 4 is 16.7 Å². The summed E-state index contributed by atoms with van der Waals surface area (Å²) in [5.41, 5.74) is 0.686. The first-order valence-corrected chi connectivity index (χ1v) is 6.43. The number of hydrogen-bond donors (Lipinski definition) is 0. The van der Waals surface area contributed by atoms with Crippen LogP contribution in [-0.4, -0.2) is 14.8 Å². The zero-order valence-electron chi connectivity index (χ0n) is 10.4. The minimum absolute atomic E-state index is 0.0831. The van der Waals surface area contributed by atoms with Crippen molar-refractivity contribution < 1.29 is 9.77 Å². The van der Waals surface area contributed by atoms with Crippen molar-refractivity contribution in [1.29, 1.82) is 0 Å². The highest BCUT2D eigenvalue weighted by atomic mass is 16.6. The molecule has 7 nitrogen and oxygen atoms in total. The predicted molar refractivity (Wildman–Crippen MR) is 67.5 cm³/mol. The van der Waals surface area contributed by atoms with Crippen LogP contribution in [0.3, 0.4) is 0 Å². The maximum absolute atomic E-state index is 12.2. The molecule has 1 saturated carbocycles. The van der Waals surface area contributed by atoms with Gasteiger partial charge in [0.2, 0.25) is 11.0 Å². The second-order valence-corrected chi connectivity index (χ2v) is 4.92. The Morgan fingerprint density at radius 3 is 2.74 bits per heavy atom. The molecule has 0 unspecified atom stereocenters. The van der Waals surface area contributed by atoms with Crippen LogP contribution in [0, 0.1) is 15.3 Å². The van der Waals surface area contributed by atoms with E-state index in [1.54, 1.807) is 0 Å². The number of fused-ring (bicyclic) bond motifs is 1. The van der Waals surface area contributed by atoms with E-state index in [1.165, 1.54) is 29.4 Å². The van der Waals surface area contributed by atoms with Gasteiger partial charge in [0, 0.05) is 17.2 Å². The second-order valence-electron chi connectivity index (χ2n) is 4.92. The van der Waals surface area contributed by atoms with E-state index >= 15 is 0 Å². The maximum atomic E-state index is 12.2. The zero-order valence-corrected chi connectivity index (χ0v) is 10.4. The molecule has 1 aromatic heterocycles. The second kappa shape index (κ2) is 4.49. The molecule has 1 aliphatic carbocycles. The van der Waals surface area contributed by atoms with E-state index in [-0.39, 0.29) is 17.2 Å². The third-order valence-electron chi connectivity index (χ3n) is 3.67. The first kappa shape index (κ1) is 11.9. The number of nitro groups is 1. The highest BCUT2D eigenvalue weighted by molar-refractivity contribution is 5.73. The highest BCUT2D eigenvalue weighted by Crippen LogP contribution is 2.27. The number of benzene rings is 1. The molecule has 0 N–H and O–H groups in total. The summed E-state index contributed by atoms with van der Waals surface area (Å²) in [6, 6.07) is 4.30. The van der Waals surface area contributed by atoms with Crippen molar-refractivity contribution in [3.8, 4) is 0 Å². The van der Waals surface area contributed by atoms with Gasteiger partial charge in [-0.15, -0.1) is 4.85 Å². The summed E-state index contributed by atoms with van der Waals surface area (Å²) in [6.07, 6.45) is 5.28. The number of rotatable bonds is 2. The molecule has 1 heterocycles. The largest absolute Gasteiger partial charge is 0.692 e. The molecule has 0 saturated heterocycles. The van der Waals surface area contributed by atoms with Crippen LogP contribution in [0.25, 0.3) is 11.0 Å². The number of non-ortho nitro benzene ring substituents is 1. The van der Waals surface area contributed by atoms with E-state index in [0.29, 0.717) is 10.4 Å². The monoisotopic (exact) mass is 262 g/mol. The molecule has 3 rings (SSSR count). The fourth-order valence-corrected chi connectivity index (χ4v) is 2.67. The average Bonchev–Trinajstić information content (AvgIpc) is 2.77. The number of aromatic nitrogens is 3. The van der Waals surface area contributed by atoms with Crippen LogP contribution in [0.5, 0.6) is 0 Å². The van der Waals surface area contributed by atoms with E-state index < -0.39 is 4.92 Å². The van der Waals surface area contributed by atoms with Crippen molar-refractivity contribution in [3.05, 3.63) is 33.5 Å². The Bertz CT molecular complexity index is 631. The van der Waals surface area contributed by atoms with Crippen LogP contribution >= 0.6 is 0 Å². The predicted octanol–water partition coefficient (Wildman–Crippen LogP) is 2.08. The van der Waals surface area contributed by atoms with E-state index in [0.717, 1.165) is 25.7 Å². The first-order valence-electron chi connectivity index (χ1n) is 6.43. The van der Waals surface area contributed by atoms with Crippen molar-refractivity contribution in [3.63, 3.8) is 0 Å². The quantitative estimate of drug-likeness (QED) is 0.359. The van der Waals surface area contributed by atoms with Crippen LogP contribution in [0.1, 0.15) is 38.1 Å². The Kier molecular flexibility index (Phi) is 2.81. The lowest BCUT2D eigenvalue weighted by Gasteiger charge is -2.19. The number of hydrogen-bond acceptors (Lipinski definition) is 4. The molecule has 19 heavy (non-hydrogen) atoms. The Hall–Kier alpha value is -2.18. The van der Waals surface area contributed by atoms with Crippen molar-refractivity contribution in [2.75, 3.05) is 0 Å². The third kappa shape index (κ3) is 2.00. The summed E-state index contributed by atoms with van der Waals surface area (Å²) in [7, 11) is 0. The van der Waals surface area contributed by atoms with Crippen molar-refractivity contribution in [2.24, 2.45) is 0 Å². The summed E-state index contributed by atoms with van der Waals surface area (Å²) < 4.78 is 0. The van der Waals surface area contributed by atoms with Gasteiger partial charge in [0.05, 0.1) is 11.0 Å². The van der Waals surface area contributed by atoms with Crippen LogP contribution < -0.4 is 4.85 Å². The van der Waals surface area contributed by atoms with Gasteiger partial charge in [-0.25, -0.2) is 0 Å². The molecular formula is C12H14N4O3. The maximum Gasteiger partial charge on any atom is 0.274 e. The molecular weight excluding hydrogens is 248 g/mol. The van der Waals surface area contributed by atoms with Gasteiger partial charge in [-0.05, 0) is 17.6 Å². The van der Waals surface area contributed by atoms with Crippen LogP contribution in [0.2, 0.25) is 0 Å². The third-order valence-corrected chi connectivity index (χ3v) is 3.67. The minimum Gasteiger partial charge on any atom is -0.692 e. The van der Waals surface area contributed by atoms with E-state index in [1.807, 2.05) is 0 Å². The lowest BCUT2D eigenvalue weighted by Crippen LogP contribution is -2.41. The van der Waals surface area contributed by atoms with E-state index in [4.69, 9.17) is 0 Å². The number of nitrogens with zero attached hydrogens (tertiary/aromatic N) is 4. The Labute approximate surface area is 109 Å². The van der Waals surface area contributed by atoms with Gasteiger partial charge in [0.1, 0.15) is 6.04 Å². The highest BCUT2D eigenvalue weighted by Gasteiger charge is 2.25. The summed E-state index contributed by atoms with van der Waals surface area (Å²) >= 11 is 0. The van der Waals surface area contributed by atoms with Gasteiger partial charge in [0.15, 0.2) is 0 Å². The molecule has 0 aliphatic heterocycles. The molecule has 0 spiro atoms. The SMILES string of the molecule is O=[N+]([O-])c1ccc2nn(C3CCCCC3)[n+]([O-])c2c1. The van der Waals surface area contributed by atoms with Crippen molar-refractivity contribution in [1.82, 2.24) is 9.90 Å². The Morgan fingerprint density at radius 1 is 1.32 bits per heavy atom. The zero-order chi connectivity index (χ0) is 13.4. The molecule has 0 radical (unpaired) electrons. The van der Waals surface area contributed by atoms with Gasteiger partial charge in [-0.1, -0.05) is 19.3 Å². The average molecular weight is 262 g/mol. The van der Waals surface area contributed by atoms with Gasteiger partial charge < -0.3 is 5.21 Å². The first-order chi connectivity index (χ1) is 9.16. The summed E-state index contributed by atoms with van der Waals surface area (Å²) in [6.45, 7) is 0. The van der Waals surface area contributed by atoms with Crippen LogP contribution in [-0.2, 0) is 0 Å². The van der Waals surface area contributed by atoms with Gasteiger partial charge in [-0.3, -0.25) is 10.1 Å². The topological polar surface area (TPSA) is 87.9 Å². The van der Waals surface area contributed by atoms with Gasteiger partial charge >= 0.3 is 0 Å². The van der Waals surface area contributed by atoms with Gasteiger partial charge in [-0.2, -0.15) is 0 Å². The normalized spacial score (nSPS) is 16.8. The lowest BCUT2D eigenvalue weighted by atomic mass is 9.96. The molecule has 7 heteroatoms. The summed E-state index contributed by atoms with van der Waals surface area (Å²) in [5.74, 6) is 0. The molecule has 0 atom stereocenters. The standard InChI is InChI=1S/C12H14N4O3/c17-15-12-8-10(16(18)19)6-7-11(12)13-14(15)9-4-2-1-3-5-9/h6-9H,1-5H2. The fourth-order valence-electron chi connectivity index (χ4n) is 2.67. The van der Waals surface area contributed by atoms with Crippen LogP contribution in [0.4, 0.5) is 5.69 Å². The number of nitro benzene ring substituents is 1. The molecule has 1 aromatic carbocycles. The molecule has 0 amide bonds. The van der Waals surface area contributed by atoms with Crippen molar-refractivity contribution in [2.45, 2.75) is 38.1 Å². The molecule has 0 bridgehead atoms. The van der Waals surface area contributed by atoms with E-state index in [9.17, 15) is 15.3 Å². The molecule has 1 aliphatic rings. The fraction of sp³-hybridized carbons (Fsp3) is 0.500. The summed E-state index contributed by atoms with van der Waals surface area (Å²) in [5, 5.41) is 27.2.